The number of H-pyrrole nitrogens is 1. The number of rotatable bonds is 3. The predicted octanol–water partition coefficient (Wildman–Crippen LogP) is 0.179. The second-order valence-electron chi connectivity index (χ2n) is 6.61. The summed E-state index contributed by atoms with van der Waals surface area (Å²) < 4.78 is 69.0. The van der Waals surface area contributed by atoms with Gasteiger partial charge in [-0.1, -0.05) is 0 Å². The molecular formula is C15H21F3N4O4S. The highest BCUT2D eigenvalue weighted by Gasteiger charge is 2.47. The van der Waals surface area contributed by atoms with E-state index in [1.165, 1.54) is 12.1 Å². The summed E-state index contributed by atoms with van der Waals surface area (Å²) in [6, 6.07) is 0.799. The standard InChI is InChI=1S/C15H21F3N4O4S/c1-10-9-26-5-4-21(10)11-6-13(19-14(23)7-11)22-3-2-20(27(24)25)8-12(22)15(16,17)18/h6-7,10,12,27H,2-5,8-9H2,1H3,(H,19,23)/t10-,12?/m1/s1. The number of hydrogen-bond donors (Lipinski definition) is 2. The molecule has 0 bridgehead atoms. The smallest absolute Gasteiger partial charge is 0.377 e. The minimum absolute atomic E-state index is 0.0202. The van der Waals surface area contributed by atoms with E-state index in [0.29, 0.717) is 25.4 Å². The van der Waals surface area contributed by atoms with Crippen LogP contribution in [0.3, 0.4) is 0 Å². The second kappa shape index (κ2) is 7.68. The largest absolute Gasteiger partial charge is 0.410 e. The lowest BCUT2D eigenvalue weighted by molar-refractivity contribution is -0.153. The fourth-order valence-corrected chi connectivity index (χ4v) is 3.97. The van der Waals surface area contributed by atoms with Gasteiger partial charge in [0.2, 0.25) is 10.9 Å². The van der Waals surface area contributed by atoms with Crippen LogP contribution in [0.25, 0.3) is 0 Å². The third-order valence-electron chi connectivity index (χ3n) is 4.79. The van der Waals surface area contributed by atoms with Gasteiger partial charge in [-0.15, -0.1) is 0 Å². The zero-order chi connectivity index (χ0) is 19.8. The SMILES string of the molecule is C[C@@H]1COCCN1c1cc(N2CCN([SH](=O)=O)CC2C(F)(F)F)[nH]c(=O)c1. The van der Waals surface area contributed by atoms with Crippen LogP contribution in [0.15, 0.2) is 16.9 Å². The molecule has 3 rings (SSSR count). The lowest BCUT2D eigenvalue weighted by Gasteiger charge is -2.41. The molecule has 1 N–H and O–H groups in total. The predicted molar refractivity (Wildman–Crippen MR) is 93.8 cm³/mol. The molecule has 27 heavy (non-hydrogen) atoms. The van der Waals surface area contributed by atoms with Crippen molar-refractivity contribution >= 4 is 22.4 Å². The van der Waals surface area contributed by atoms with Crippen molar-refractivity contribution in [2.75, 3.05) is 49.2 Å². The molecule has 0 aromatic carbocycles. The van der Waals surface area contributed by atoms with Gasteiger partial charge in [-0.2, -0.15) is 13.2 Å². The topological polar surface area (TPSA) is 85.9 Å². The minimum atomic E-state index is -4.65. The summed E-state index contributed by atoms with van der Waals surface area (Å²) in [6.45, 7) is 2.40. The van der Waals surface area contributed by atoms with E-state index in [4.69, 9.17) is 4.74 Å². The fraction of sp³-hybridized carbons (Fsp3) is 0.667. The summed E-state index contributed by atoms with van der Waals surface area (Å²) in [5.74, 6) is 0.0271. The molecule has 0 radical (unpaired) electrons. The zero-order valence-corrected chi connectivity index (χ0v) is 15.5. The first-order chi connectivity index (χ1) is 12.7. The van der Waals surface area contributed by atoms with Crippen LogP contribution in [0.2, 0.25) is 0 Å². The number of aromatic amines is 1. The van der Waals surface area contributed by atoms with Gasteiger partial charge in [-0.25, -0.2) is 12.7 Å². The fourth-order valence-electron chi connectivity index (χ4n) is 3.43. The average Bonchev–Trinajstić information content (AvgIpc) is 2.60. The summed E-state index contributed by atoms with van der Waals surface area (Å²) in [5, 5.41) is 0. The van der Waals surface area contributed by atoms with E-state index in [9.17, 15) is 26.4 Å². The van der Waals surface area contributed by atoms with E-state index in [-0.39, 0.29) is 24.9 Å². The molecule has 12 heteroatoms. The summed E-state index contributed by atoms with van der Waals surface area (Å²) in [6.07, 6.45) is -4.65. The number of nitrogens with zero attached hydrogens (tertiary/aromatic N) is 3. The van der Waals surface area contributed by atoms with Gasteiger partial charge in [0.05, 0.1) is 13.2 Å². The van der Waals surface area contributed by atoms with Crippen molar-refractivity contribution < 1.29 is 26.3 Å². The van der Waals surface area contributed by atoms with Gasteiger partial charge in [0.15, 0.2) is 0 Å². The van der Waals surface area contributed by atoms with Crippen molar-refractivity contribution in [2.45, 2.75) is 25.2 Å². The van der Waals surface area contributed by atoms with Crippen LogP contribution in [0.4, 0.5) is 24.7 Å². The molecule has 0 saturated carbocycles. The van der Waals surface area contributed by atoms with E-state index in [0.717, 1.165) is 9.21 Å². The first-order valence-corrected chi connectivity index (χ1v) is 9.61. The Hall–Kier alpha value is -1.79. The van der Waals surface area contributed by atoms with Crippen LogP contribution >= 0.6 is 0 Å². The van der Waals surface area contributed by atoms with E-state index < -0.39 is 35.2 Å². The molecule has 2 aliphatic heterocycles. The van der Waals surface area contributed by atoms with E-state index in [1.807, 2.05) is 11.8 Å². The molecular weight excluding hydrogens is 389 g/mol. The highest BCUT2D eigenvalue weighted by molar-refractivity contribution is 7.69. The van der Waals surface area contributed by atoms with Gasteiger partial charge < -0.3 is 19.5 Å². The Bertz CT molecular complexity index is 805. The molecule has 3 heterocycles. The Morgan fingerprint density at radius 2 is 1.93 bits per heavy atom. The maximum absolute atomic E-state index is 13.5. The zero-order valence-electron chi connectivity index (χ0n) is 14.6. The Kier molecular flexibility index (Phi) is 5.68. The van der Waals surface area contributed by atoms with Crippen LogP contribution in [-0.2, 0) is 15.6 Å². The van der Waals surface area contributed by atoms with E-state index in [1.54, 1.807) is 0 Å². The Balaban J connectivity index is 1.95. The van der Waals surface area contributed by atoms with Crippen LogP contribution in [0.5, 0.6) is 0 Å². The molecule has 1 unspecified atom stereocenters. The molecule has 0 aliphatic carbocycles. The summed E-state index contributed by atoms with van der Waals surface area (Å²) in [4.78, 5) is 17.5. The van der Waals surface area contributed by atoms with Gasteiger partial charge in [0.1, 0.15) is 11.9 Å². The van der Waals surface area contributed by atoms with Gasteiger partial charge in [-0.3, -0.25) is 4.79 Å². The molecule has 152 valence electrons. The lowest BCUT2D eigenvalue weighted by Crippen LogP contribution is -2.59. The molecule has 8 nitrogen and oxygen atoms in total. The molecule has 0 spiro atoms. The van der Waals surface area contributed by atoms with Crippen molar-refractivity contribution in [3.8, 4) is 0 Å². The molecule has 2 atom stereocenters. The monoisotopic (exact) mass is 410 g/mol. The summed E-state index contributed by atoms with van der Waals surface area (Å²) in [7, 11) is -3.10. The molecule has 2 aliphatic rings. The van der Waals surface area contributed by atoms with E-state index in [2.05, 4.69) is 4.98 Å². The van der Waals surface area contributed by atoms with Gasteiger partial charge in [-0.05, 0) is 6.92 Å². The average molecular weight is 410 g/mol. The third kappa shape index (κ3) is 4.38. The Labute approximate surface area is 155 Å². The molecule has 2 fully saturated rings. The van der Waals surface area contributed by atoms with Gasteiger partial charge in [0.25, 0.3) is 5.56 Å². The number of thiol groups is 1. The number of pyridine rings is 1. The number of hydrogen-bond acceptors (Lipinski definition) is 6. The summed E-state index contributed by atoms with van der Waals surface area (Å²) >= 11 is 0. The number of anilines is 2. The molecule has 1 aromatic rings. The number of aromatic nitrogens is 1. The van der Waals surface area contributed by atoms with Crippen molar-refractivity contribution in [2.24, 2.45) is 0 Å². The normalized spacial score (nSPS) is 25.2. The summed E-state index contributed by atoms with van der Waals surface area (Å²) in [5.41, 5.74) is 0.00209. The van der Waals surface area contributed by atoms with Crippen LogP contribution in [0.1, 0.15) is 6.92 Å². The Morgan fingerprint density at radius 1 is 1.19 bits per heavy atom. The number of halogens is 3. The number of morpholine rings is 1. The third-order valence-corrected chi connectivity index (χ3v) is 5.62. The quantitative estimate of drug-likeness (QED) is 0.692. The second-order valence-corrected chi connectivity index (χ2v) is 7.65. The highest BCUT2D eigenvalue weighted by Crippen LogP contribution is 2.32. The van der Waals surface area contributed by atoms with Crippen LogP contribution < -0.4 is 15.4 Å². The van der Waals surface area contributed by atoms with Crippen LogP contribution in [-0.4, -0.2) is 75.4 Å². The maximum Gasteiger partial charge on any atom is 0.410 e. The van der Waals surface area contributed by atoms with Crippen LogP contribution in [0, 0.1) is 0 Å². The Morgan fingerprint density at radius 3 is 2.56 bits per heavy atom. The lowest BCUT2D eigenvalue weighted by atomic mass is 10.1. The van der Waals surface area contributed by atoms with Crippen molar-refractivity contribution in [1.29, 1.82) is 0 Å². The maximum atomic E-state index is 13.5. The van der Waals surface area contributed by atoms with Gasteiger partial charge >= 0.3 is 6.18 Å². The molecule has 0 amide bonds. The molecule has 2 saturated heterocycles. The van der Waals surface area contributed by atoms with E-state index >= 15 is 0 Å². The number of alkyl halides is 3. The first-order valence-electron chi connectivity index (χ1n) is 8.48. The minimum Gasteiger partial charge on any atom is -0.377 e. The van der Waals surface area contributed by atoms with Gasteiger partial charge in [0, 0.05) is 50.0 Å². The highest BCUT2D eigenvalue weighted by atomic mass is 32.2. The number of piperazine rings is 1. The molecule has 1 aromatic heterocycles. The first kappa shape index (κ1) is 20.0. The number of ether oxygens (including phenoxy) is 1. The van der Waals surface area contributed by atoms with Crippen molar-refractivity contribution in [1.82, 2.24) is 9.29 Å². The number of nitrogens with one attached hydrogen (secondary N) is 1. The van der Waals surface area contributed by atoms with Crippen molar-refractivity contribution in [3.63, 3.8) is 0 Å². The van der Waals surface area contributed by atoms with Crippen molar-refractivity contribution in [3.05, 3.63) is 22.5 Å².